The third-order valence-corrected chi connectivity index (χ3v) is 6.92. The Morgan fingerprint density at radius 3 is 2.45 bits per heavy atom. The number of benzene rings is 2. The minimum Gasteiger partial charge on any atom is -0.495 e. The van der Waals surface area contributed by atoms with Crippen LogP contribution in [-0.2, 0) is 4.79 Å². The fraction of sp³-hybridized carbons (Fsp3) is 0.273. The minimum absolute atomic E-state index is 0.367. The Hall–Kier alpha value is -2.36. The predicted octanol–water partition coefficient (Wildman–Crippen LogP) is 4.19. The highest BCUT2D eigenvalue weighted by Crippen LogP contribution is 2.35. The molecule has 1 fully saturated rings. The molecule has 1 saturated heterocycles. The van der Waals surface area contributed by atoms with E-state index in [0.29, 0.717) is 23.4 Å². The van der Waals surface area contributed by atoms with Crippen molar-refractivity contribution in [1.82, 2.24) is 14.7 Å². The second-order valence-corrected chi connectivity index (χ2v) is 8.90. The molecule has 1 unspecified atom stereocenters. The largest absolute Gasteiger partial charge is 0.495 e. The lowest BCUT2D eigenvalue weighted by Crippen LogP contribution is -2.49. The first-order chi connectivity index (χ1) is 15.0. The van der Waals surface area contributed by atoms with Crippen molar-refractivity contribution in [2.24, 2.45) is 0 Å². The number of carbonyl (C=O) groups excluding carboxylic acids is 1. The van der Waals surface area contributed by atoms with Crippen molar-refractivity contribution in [1.29, 1.82) is 0 Å². The Morgan fingerprint density at radius 1 is 1.10 bits per heavy atom. The number of aldehydes is 1. The van der Waals surface area contributed by atoms with Crippen LogP contribution in [0, 0.1) is 0 Å². The van der Waals surface area contributed by atoms with E-state index in [9.17, 15) is 4.79 Å². The maximum Gasteiger partial charge on any atom is 0.161 e. The average molecular weight is 549 g/mol. The highest BCUT2D eigenvalue weighted by atomic mass is 79.9. The lowest BCUT2D eigenvalue weighted by Gasteiger charge is -2.38. The SMILES string of the molecule is COc1cc(N2CCN(C(C=O)n3nc(N)c(Br)c3-c3ccccc3)CC2)ccc1Br. The van der Waals surface area contributed by atoms with Gasteiger partial charge in [-0.15, -0.1) is 0 Å². The van der Waals surface area contributed by atoms with Crippen molar-refractivity contribution in [2.45, 2.75) is 6.17 Å². The van der Waals surface area contributed by atoms with E-state index in [4.69, 9.17) is 10.5 Å². The van der Waals surface area contributed by atoms with Crippen LogP contribution in [0.4, 0.5) is 11.5 Å². The van der Waals surface area contributed by atoms with Gasteiger partial charge in [-0.3, -0.25) is 9.69 Å². The molecule has 0 amide bonds. The summed E-state index contributed by atoms with van der Waals surface area (Å²) in [5, 5.41) is 4.48. The van der Waals surface area contributed by atoms with Crippen molar-refractivity contribution < 1.29 is 9.53 Å². The average Bonchev–Trinajstić information content (AvgIpc) is 3.09. The van der Waals surface area contributed by atoms with E-state index in [1.54, 1.807) is 11.8 Å². The first-order valence-electron chi connectivity index (χ1n) is 9.90. The normalized spacial score (nSPS) is 15.6. The van der Waals surface area contributed by atoms with Gasteiger partial charge in [0.05, 0.1) is 21.7 Å². The number of aromatic nitrogens is 2. The number of nitrogen functional groups attached to an aromatic ring is 1. The molecule has 0 aliphatic carbocycles. The molecule has 9 heteroatoms. The summed E-state index contributed by atoms with van der Waals surface area (Å²) < 4.78 is 8.77. The molecule has 1 aliphatic rings. The number of piperazine rings is 1. The van der Waals surface area contributed by atoms with Gasteiger partial charge in [0, 0.05) is 43.5 Å². The fourth-order valence-electron chi connectivity index (χ4n) is 3.87. The maximum atomic E-state index is 12.2. The van der Waals surface area contributed by atoms with E-state index in [1.807, 2.05) is 42.5 Å². The highest BCUT2D eigenvalue weighted by molar-refractivity contribution is 9.11. The van der Waals surface area contributed by atoms with Crippen LogP contribution >= 0.6 is 31.9 Å². The lowest BCUT2D eigenvalue weighted by atomic mass is 10.1. The van der Waals surface area contributed by atoms with Gasteiger partial charge in [-0.2, -0.15) is 5.10 Å². The number of methoxy groups -OCH3 is 1. The van der Waals surface area contributed by atoms with Crippen LogP contribution in [-0.4, -0.2) is 54.3 Å². The molecule has 1 aliphatic heterocycles. The Morgan fingerprint density at radius 2 is 1.81 bits per heavy atom. The number of carbonyl (C=O) groups is 1. The Balaban J connectivity index is 1.56. The Bertz CT molecular complexity index is 1070. The molecule has 3 aromatic rings. The zero-order valence-electron chi connectivity index (χ0n) is 17.0. The van der Waals surface area contributed by atoms with Gasteiger partial charge in [0.2, 0.25) is 0 Å². The molecule has 7 nitrogen and oxygen atoms in total. The van der Waals surface area contributed by atoms with Gasteiger partial charge < -0.3 is 15.4 Å². The molecule has 0 saturated carbocycles. The van der Waals surface area contributed by atoms with Crippen molar-refractivity contribution in [3.8, 4) is 17.0 Å². The standard InChI is InChI=1S/C22H23Br2N5O2/c1-31-18-13-16(7-8-17(18)23)27-9-11-28(12-10-27)19(14-30)29-21(20(24)22(25)26-29)15-5-3-2-4-6-15/h2-8,13-14,19H,9-12H2,1H3,(H2,25,26). The van der Waals surface area contributed by atoms with E-state index >= 15 is 0 Å². The van der Waals surface area contributed by atoms with E-state index in [2.05, 4.69) is 52.8 Å². The molecule has 2 aromatic carbocycles. The molecule has 0 radical (unpaired) electrons. The summed E-state index contributed by atoms with van der Waals surface area (Å²) in [7, 11) is 1.66. The van der Waals surface area contributed by atoms with Gasteiger partial charge in [-0.1, -0.05) is 30.3 Å². The number of hydrogen-bond acceptors (Lipinski definition) is 6. The van der Waals surface area contributed by atoms with Gasteiger partial charge in [0.15, 0.2) is 18.3 Å². The number of rotatable bonds is 6. The number of anilines is 2. The van der Waals surface area contributed by atoms with Gasteiger partial charge >= 0.3 is 0 Å². The van der Waals surface area contributed by atoms with Gasteiger partial charge in [0.1, 0.15) is 5.75 Å². The maximum absolute atomic E-state index is 12.2. The summed E-state index contributed by atoms with van der Waals surface area (Å²) >= 11 is 7.05. The van der Waals surface area contributed by atoms with Gasteiger partial charge in [0.25, 0.3) is 0 Å². The lowest BCUT2D eigenvalue weighted by molar-refractivity contribution is -0.115. The third kappa shape index (κ3) is 4.35. The number of hydrogen-bond donors (Lipinski definition) is 1. The van der Waals surface area contributed by atoms with Crippen LogP contribution < -0.4 is 15.4 Å². The van der Waals surface area contributed by atoms with Gasteiger partial charge in [-0.05, 0) is 44.0 Å². The molecule has 31 heavy (non-hydrogen) atoms. The van der Waals surface area contributed by atoms with Crippen molar-refractivity contribution in [2.75, 3.05) is 43.9 Å². The summed E-state index contributed by atoms with van der Waals surface area (Å²) in [6.07, 6.45) is 0.398. The number of halogens is 2. The van der Waals surface area contributed by atoms with Crippen molar-refractivity contribution >= 4 is 49.7 Å². The van der Waals surface area contributed by atoms with Crippen molar-refractivity contribution in [3.05, 3.63) is 57.5 Å². The molecule has 4 rings (SSSR count). The summed E-state index contributed by atoms with van der Waals surface area (Å²) in [5.74, 6) is 1.17. The number of nitrogens with zero attached hydrogens (tertiary/aromatic N) is 4. The molecule has 0 spiro atoms. The zero-order valence-corrected chi connectivity index (χ0v) is 20.2. The fourth-order valence-corrected chi connectivity index (χ4v) is 4.76. The summed E-state index contributed by atoms with van der Waals surface area (Å²) in [6, 6.07) is 15.9. The van der Waals surface area contributed by atoms with E-state index < -0.39 is 6.17 Å². The minimum atomic E-state index is -0.537. The highest BCUT2D eigenvalue weighted by Gasteiger charge is 2.29. The Labute approximate surface area is 198 Å². The molecule has 0 bridgehead atoms. The van der Waals surface area contributed by atoms with Crippen LogP contribution in [0.5, 0.6) is 5.75 Å². The first-order valence-corrected chi connectivity index (χ1v) is 11.5. The molecule has 2 heterocycles. The Kier molecular flexibility index (Phi) is 6.64. The zero-order chi connectivity index (χ0) is 22.0. The van der Waals surface area contributed by atoms with Gasteiger partial charge in [-0.25, -0.2) is 4.68 Å². The second-order valence-electron chi connectivity index (χ2n) is 7.25. The second kappa shape index (κ2) is 9.42. The molecule has 1 aromatic heterocycles. The topological polar surface area (TPSA) is 76.6 Å². The van der Waals surface area contributed by atoms with Crippen LogP contribution in [0.25, 0.3) is 11.3 Å². The van der Waals surface area contributed by atoms with E-state index in [-0.39, 0.29) is 0 Å². The summed E-state index contributed by atoms with van der Waals surface area (Å²) in [5.41, 5.74) is 8.95. The monoisotopic (exact) mass is 547 g/mol. The molecule has 1 atom stereocenters. The number of nitrogens with two attached hydrogens (primary N) is 1. The molecular formula is C22H23Br2N5O2. The molecular weight excluding hydrogens is 526 g/mol. The molecule has 162 valence electrons. The molecule has 2 N–H and O–H groups in total. The quantitative estimate of drug-likeness (QED) is 0.465. The first kappa shape index (κ1) is 21.9. The van der Waals surface area contributed by atoms with Crippen molar-refractivity contribution in [3.63, 3.8) is 0 Å². The van der Waals surface area contributed by atoms with Crippen LogP contribution in [0.1, 0.15) is 6.17 Å². The van der Waals surface area contributed by atoms with E-state index in [0.717, 1.165) is 46.5 Å². The predicted molar refractivity (Wildman–Crippen MR) is 129 cm³/mol. The van der Waals surface area contributed by atoms with Crippen LogP contribution in [0.3, 0.4) is 0 Å². The number of ether oxygens (including phenoxy) is 1. The van der Waals surface area contributed by atoms with Crippen LogP contribution in [0.2, 0.25) is 0 Å². The van der Waals surface area contributed by atoms with Crippen LogP contribution in [0.15, 0.2) is 57.5 Å². The third-order valence-electron chi connectivity index (χ3n) is 5.49. The summed E-state index contributed by atoms with van der Waals surface area (Å²) in [6.45, 7) is 3.00. The van der Waals surface area contributed by atoms with E-state index in [1.165, 1.54) is 0 Å². The summed E-state index contributed by atoms with van der Waals surface area (Å²) in [4.78, 5) is 16.6. The smallest absolute Gasteiger partial charge is 0.161 e.